The number of anilines is 3. The first-order valence-corrected chi connectivity index (χ1v) is 9.00. The summed E-state index contributed by atoms with van der Waals surface area (Å²) in [6.45, 7) is 5.29. The Balaban J connectivity index is 1.54. The first-order valence-electron chi connectivity index (χ1n) is 9.00. The minimum absolute atomic E-state index is 0.748. The second kappa shape index (κ2) is 9.24. The van der Waals surface area contributed by atoms with E-state index >= 15 is 0 Å². The van der Waals surface area contributed by atoms with Gasteiger partial charge in [-0.25, -0.2) is 4.98 Å². The van der Waals surface area contributed by atoms with Gasteiger partial charge in [-0.15, -0.1) is 0 Å². The Kier molecular flexibility index (Phi) is 6.49. The van der Waals surface area contributed by atoms with Crippen molar-refractivity contribution in [2.75, 3.05) is 68.7 Å². The van der Waals surface area contributed by atoms with Crippen molar-refractivity contribution >= 4 is 17.5 Å². The Morgan fingerprint density at radius 3 is 2.42 bits per heavy atom. The van der Waals surface area contributed by atoms with Gasteiger partial charge < -0.3 is 24.6 Å². The third-order valence-corrected chi connectivity index (χ3v) is 4.47. The summed E-state index contributed by atoms with van der Waals surface area (Å²) >= 11 is 0. The standard InChI is InChI=1S/C19H27N5O2/c1-25-15-3-9-20-18-8-10-21-19(22-18)24-13-11-23(12-14-24)16-4-6-17(26-2)7-5-16/h4-8,10H,3,9,11-15H2,1-2H3,(H,20,21,22). The number of nitrogens with zero attached hydrogens (tertiary/aromatic N) is 4. The van der Waals surface area contributed by atoms with Crippen LogP contribution in [0.1, 0.15) is 6.42 Å². The lowest BCUT2D eigenvalue weighted by Gasteiger charge is -2.36. The van der Waals surface area contributed by atoms with Crippen LogP contribution in [0.4, 0.5) is 17.5 Å². The summed E-state index contributed by atoms with van der Waals surface area (Å²) < 4.78 is 10.3. The molecule has 0 saturated carbocycles. The van der Waals surface area contributed by atoms with Crippen molar-refractivity contribution in [3.8, 4) is 5.75 Å². The van der Waals surface area contributed by atoms with Crippen molar-refractivity contribution in [2.24, 2.45) is 0 Å². The highest BCUT2D eigenvalue weighted by atomic mass is 16.5. The predicted octanol–water partition coefficient (Wildman–Crippen LogP) is 2.26. The van der Waals surface area contributed by atoms with Crippen molar-refractivity contribution in [1.29, 1.82) is 0 Å². The lowest BCUT2D eigenvalue weighted by atomic mass is 10.2. The molecule has 2 aromatic rings. The normalized spacial score (nSPS) is 14.4. The molecule has 140 valence electrons. The van der Waals surface area contributed by atoms with Crippen LogP contribution in [0.5, 0.6) is 5.75 Å². The van der Waals surface area contributed by atoms with E-state index in [1.165, 1.54) is 5.69 Å². The largest absolute Gasteiger partial charge is 0.497 e. The van der Waals surface area contributed by atoms with Crippen LogP contribution in [0.15, 0.2) is 36.5 Å². The molecule has 0 aliphatic carbocycles. The summed E-state index contributed by atoms with van der Waals surface area (Å²) in [6, 6.07) is 10.1. The fourth-order valence-corrected chi connectivity index (χ4v) is 2.99. The van der Waals surface area contributed by atoms with E-state index in [0.29, 0.717) is 0 Å². The highest BCUT2D eigenvalue weighted by molar-refractivity contribution is 5.51. The molecule has 0 spiro atoms. The predicted molar refractivity (Wildman–Crippen MR) is 104 cm³/mol. The Morgan fingerprint density at radius 1 is 1.00 bits per heavy atom. The molecule has 0 radical (unpaired) electrons. The van der Waals surface area contributed by atoms with Gasteiger partial charge in [-0.1, -0.05) is 0 Å². The fourth-order valence-electron chi connectivity index (χ4n) is 2.99. The van der Waals surface area contributed by atoms with Gasteiger partial charge in [0.1, 0.15) is 11.6 Å². The zero-order chi connectivity index (χ0) is 18.2. The number of hydrogen-bond donors (Lipinski definition) is 1. The van der Waals surface area contributed by atoms with Crippen LogP contribution in [0.3, 0.4) is 0 Å². The number of aromatic nitrogens is 2. The highest BCUT2D eigenvalue weighted by Crippen LogP contribution is 2.21. The second-order valence-electron chi connectivity index (χ2n) is 6.19. The third-order valence-electron chi connectivity index (χ3n) is 4.47. The summed E-state index contributed by atoms with van der Waals surface area (Å²) in [5.74, 6) is 2.54. The van der Waals surface area contributed by atoms with E-state index in [1.54, 1.807) is 14.2 Å². The van der Waals surface area contributed by atoms with Crippen LogP contribution in [0.2, 0.25) is 0 Å². The lowest BCUT2D eigenvalue weighted by Crippen LogP contribution is -2.47. The second-order valence-corrected chi connectivity index (χ2v) is 6.19. The van der Waals surface area contributed by atoms with Crippen LogP contribution in [0.25, 0.3) is 0 Å². The van der Waals surface area contributed by atoms with E-state index in [4.69, 9.17) is 9.47 Å². The Morgan fingerprint density at radius 2 is 1.73 bits per heavy atom. The topological polar surface area (TPSA) is 62.8 Å². The van der Waals surface area contributed by atoms with E-state index in [9.17, 15) is 0 Å². The van der Waals surface area contributed by atoms with Crippen molar-refractivity contribution in [1.82, 2.24) is 9.97 Å². The number of methoxy groups -OCH3 is 2. The van der Waals surface area contributed by atoms with Gasteiger partial charge in [-0.3, -0.25) is 0 Å². The van der Waals surface area contributed by atoms with Crippen LogP contribution in [0, 0.1) is 0 Å². The maximum Gasteiger partial charge on any atom is 0.227 e. The molecule has 1 aromatic heterocycles. The highest BCUT2D eigenvalue weighted by Gasteiger charge is 2.19. The molecule has 0 unspecified atom stereocenters. The Bertz CT molecular complexity index is 672. The number of piperazine rings is 1. The molecule has 1 fully saturated rings. The van der Waals surface area contributed by atoms with Crippen molar-refractivity contribution in [2.45, 2.75) is 6.42 Å². The first kappa shape index (κ1) is 18.3. The molecule has 0 amide bonds. The monoisotopic (exact) mass is 357 g/mol. The van der Waals surface area contributed by atoms with Gasteiger partial charge in [0.2, 0.25) is 5.95 Å². The van der Waals surface area contributed by atoms with E-state index in [1.807, 2.05) is 24.4 Å². The van der Waals surface area contributed by atoms with Crippen molar-refractivity contribution < 1.29 is 9.47 Å². The summed E-state index contributed by atoms with van der Waals surface area (Å²) in [6.07, 6.45) is 2.77. The van der Waals surface area contributed by atoms with Crippen LogP contribution in [-0.2, 0) is 4.74 Å². The molecule has 1 aliphatic heterocycles. The fraction of sp³-hybridized carbons (Fsp3) is 0.474. The molecule has 26 heavy (non-hydrogen) atoms. The molecule has 7 nitrogen and oxygen atoms in total. The minimum atomic E-state index is 0.748. The summed E-state index contributed by atoms with van der Waals surface area (Å²) in [7, 11) is 3.41. The molecular formula is C19H27N5O2. The van der Waals surface area contributed by atoms with Gasteiger partial charge in [0.15, 0.2) is 0 Å². The van der Waals surface area contributed by atoms with E-state index < -0.39 is 0 Å². The molecule has 0 bridgehead atoms. The van der Waals surface area contributed by atoms with Gasteiger partial charge in [-0.2, -0.15) is 4.98 Å². The molecule has 1 aromatic carbocycles. The van der Waals surface area contributed by atoms with Crippen LogP contribution in [-0.4, -0.2) is 63.5 Å². The molecule has 7 heteroatoms. The summed E-state index contributed by atoms with van der Waals surface area (Å²) in [4.78, 5) is 13.7. The first-order chi connectivity index (χ1) is 12.8. The van der Waals surface area contributed by atoms with Gasteiger partial charge in [-0.05, 0) is 36.8 Å². The van der Waals surface area contributed by atoms with Crippen molar-refractivity contribution in [3.63, 3.8) is 0 Å². The van der Waals surface area contributed by atoms with Crippen LogP contribution < -0.4 is 19.9 Å². The summed E-state index contributed by atoms with van der Waals surface area (Å²) in [5.41, 5.74) is 1.22. The summed E-state index contributed by atoms with van der Waals surface area (Å²) in [5, 5.41) is 3.32. The lowest BCUT2D eigenvalue weighted by molar-refractivity contribution is 0.198. The van der Waals surface area contributed by atoms with Crippen LogP contribution >= 0.6 is 0 Å². The maximum atomic E-state index is 5.23. The number of nitrogens with one attached hydrogen (secondary N) is 1. The van der Waals surface area contributed by atoms with E-state index in [0.717, 1.165) is 63.3 Å². The number of ether oxygens (including phenoxy) is 2. The zero-order valence-electron chi connectivity index (χ0n) is 15.5. The van der Waals surface area contributed by atoms with Gasteiger partial charge in [0.05, 0.1) is 7.11 Å². The van der Waals surface area contributed by atoms with Gasteiger partial charge in [0.25, 0.3) is 0 Å². The Hall–Kier alpha value is -2.54. The number of benzene rings is 1. The smallest absolute Gasteiger partial charge is 0.227 e. The minimum Gasteiger partial charge on any atom is -0.497 e. The maximum absolute atomic E-state index is 5.23. The molecule has 1 N–H and O–H groups in total. The molecule has 2 heterocycles. The molecular weight excluding hydrogens is 330 g/mol. The van der Waals surface area contributed by atoms with Gasteiger partial charge in [0, 0.05) is 58.3 Å². The average Bonchev–Trinajstić information content (AvgIpc) is 2.72. The third kappa shape index (κ3) is 4.76. The van der Waals surface area contributed by atoms with Gasteiger partial charge >= 0.3 is 0 Å². The Labute approximate surface area is 155 Å². The molecule has 3 rings (SSSR count). The number of hydrogen-bond acceptors (Lipinski definition) is 7. The van der Waals surface area contributed by atoms with E-state index in [2.05, 4.69) is 37.2 Å². The zero-order valence-corrected chi connectivity index (χ0v) is 15.5. The van der Waals surface area contributed by atoms with E-state index in [-0.39, 0.29) is 0 Å². The molecule has 1 saturated heterocycles. The molecule has 1 aliphatic rings. The quantitative estimate of drug-likeness (QED) is 0.727. The molecule has 0 atom stereocenters. The number of rotatable bonds is 8. The average molecular weight is 357 g/mol. The SMILES string of the molecule is COCCCNc1ccnc(N2CCN(c3ccc(OC)cc3)CC2)n1. The van der Waals surface area contributed by atoms with Crippen molar-refractivity contribution in [3.05, 3.63) is 36.5 Å².